The zero-order valence-electron chi connectivity index (χ0n) is 17.6. The molecular weight excluding hydrogens is 502 g/mol. The Bertz CT molecular complexity index is 1160. The molecule has 0 bridgehead atoms. The average molecular weight is 522 g/mol. The second-order valence-corrected chi connectivity index (χ2v) is 9.81. The van der Waals surface area contributed by atoms with E-state index in [1.54, 1.807) is 23.9 Å². The van der Waals surface area contributed by atoms with E-state index < -0.39 is 35.2 Å². The molecule has 0 aromatic carbocycles. The summed E-state index contributed by atoms with van der Waals surface area (Å²) in [5.74, 6) is -1.85. The SMILES string of the molecule is CONC(C(=O)NC1C(=O)N2C(C(=O)O)=C(S/C=C\c3cccnc3)CS[C@@H]12)c1nsc(N)n1. The molecule has 178 valence electrons. The lowest BCUT2D eigenvalue weighted by Crippen LogP contribution is -2.71. The van der Waals surface area contributed by atoms with Gasteiger partial charge in [-0.05, 0) is 23.1 Å². The number of fused-ring (bicyclic) bond motifs is 1. The van der Waals surface area contributed by atoms with Crippen molar-refractivity contribution in [3.63, 3.8) is 0 Å². The molecule has 4 rings (SSSR count). The number of carboxylic acids is 1. The van der Waals surface area contributed by atoms with Crippen molar-refractivity contribution >= 4 is 64.0 Å². The average Bonchev–Trinajstić information content (AvgIpc) is 3.26. The van der Waals surface area contributed by atoms with Crippen LogP contribution in [0, 0.1) is 0 Å². The van der Waals surface area contributed by atoms with Gasteiger partial charge in [-0.1, -0.05) is 17.8 Å². The molecule has 0 aliphatic carbocycles. The van der Waals surface area contributed by atoms with Gasteiger partial charge >= 0.3 is 5.97 Å². The predicted molar refractivity (Wildman–Crippen MR) is 128 cm³/mol. The highest BCUT2D eigenvalue weighted by Crippen LogP contribution is 2.43. The van der Waals surface area contributed by atoms with Crippen LogP contribution in [-0.2, 0) is 19.2 Å². The number of carbonyl (C=O) groups excluding carboxylic acids is 2. The molecule has 2 aromatic heterocycles. The number of anilines is 1. The lowest BCUT2D eigenvalue weighted by atomic mass is 10.0. The molecule has 0 spiro atoms. The Morgan fingerprint density at radius 2 is 2.29 bits per heavy atom. The number of thioether (sulfide) groups is 2. The molecule has 2 aromatic rings. The fourth-order valence-electron chi connectivity index (χ4n) is 3.29. The number of carbonyl (C=O) groups is 3. The fraction of sp³-hybridized carbons (Fsp3) is 0.263. The smallest absolute Gasteiger partial charge is 0.353 e. The molecule has 1 fully saturated rings. The summed E-state index contributed by atoms with van der Waals surface area (Å²) in [6, 6.07) is 1.68. The second kappa shape index (κ2) is 10.5. The maximum absolute atomic E-state index is 12.9. The van der Waals surface area contributed by atoms with Crippen molar-refractivity contribution in [2.75, 3.05) is 18.6 Å². The molecule has 5 N–H and O–H groups in total. The molecule has 0 saturated carbocycles. The molecule has 2 unspecified atom stereocenters. The summed E-state index contributed by atoms with van der Waals surface area (Å²) in [6.45, 7) is 0. The van der Waals surface area contributed by atoms with Crippen molar-refractivity contribution in [3.05, 3.63) is 51.9 Å². The van der Waals surface area contributed by atoms with Crippen molar-refractivity contribution in [2.45, 2.75) is 17.5 Å². The van der Waals surface area contributed by atoms with Gasteiger partial charge in [-0.25, -0.2) is 9.78 Å². The summed E-state index contributed by atoms with van der Waals surface area (Å²) >= 11 is 3.52. The van der Waals surface area contributed by atoms with Crippen LogP contribution in [0.25, 0.3) is 6.08 Å². The zero-order chi connectivity index (χ0) is 24.2. The minimum Gasteiger partial charge on any atom is -0.477 e. The van der Waals surface area contributed by atoms with Crippen molar-refractivity contribution in [1.29, 1.82) is 0 Å². The molecule has 2 amide bonds. The Balaban J connectivity index is 1.47. The predicted octanol–water partition coefficient (Wildman–Crippen LogP) is 0.808. The first-order chi connectivity index (χ1) is 16.4. The van der Waals surface area contributed by atoms with Gasteiger partial charge < -0.3 is 21.0 Å². The van der Waals surface area contributed by atoms with Gasteiger partial charge in [0.2, 0.25) is 5.91 Å². The summed E-state index contributed by atoms with van der Waals surface area (Å²) in [4.78, 5) is 52.3. The number of nitrogens with one attached hydrogen (secondary N) is 2. The number of hydroxylamine groups is 1. The second-order valence-electron chi connectivity index (χ2n) is 6.93. The number of nitrogens with zero attached hydrogens (tertiary/aromatic N) is 4. The van der Waals surface area contributed by atoms with E-state index in [-0.39, 0.29) is 16.7 Å². The van der Waals surface area contributed by atoms with Crippen LogP contribution < -0.4 is 16.5 Å². The Hall–Kier alpha value is -2.98. The van der Waals surface area contributed by atoms with Crippen molar-refractivity contribution < 1.29 is 24.3 Å². The molecule has 15 heteroatoms. The molecule has 1 saturated heterocycles. The summed E-state index contributed by atoms with van der Waals surface area (Å²) in [5.41, 5.74) is 8.87. The highest BCUT2D eigenvalue weighted by atomic mass is 32.2. The van der Waals surface area contributed by atoms with E-state index in [4.69, 9.17) is 10.6 Å². The minimum absolute atomic E-state index is 0.0828. The highest BCUT2D eigenvalue weighted by Gasteiger charge is 2.54. The normalized spacial score (nSPS) is 20.7. The molecular formula is C19H19N7O5S3. The van der Waals surface area contributed by atoms with Crippen LogP contribution in [0.4, 0.5) is 5.13 Å². The third-order valence-electron chi connectivity index (χ3n) is 4.80. The lowest BCUT2D eigenvalue weighted by Gasteiger charge is -2.49. The minimum atomic E-state index is -1.21. The van der Waals surface area contributed by atoms with Gasteiger partial charge in [-0.3, -0.25) is 19.5 Å². The van der Waals surface area contributed by atoms with Crippen molar-refractivity contribution in [2.24, 2.45) is 0 Å². The Labute approximate surface area is 206 Å². The molecule has 3 atom stereocenters. The first-order valence-electron chi connectivity index (χ1n) is 9.73. The van der Waals surface area contributed by atoms with E-state index in [2.05, 4.69) is 25.1 Å². The van der Waals surface area contributed by atoms with E-state index in [0.29, 0.717) is 10.7 Å². The van der Waals surface area contributed by atoms with E-state index in [9.17, 15) is 19.5 Å². The van der Waals surface area contributed by atoms with Gasteiger partial charge in [0.25, 0.3) is 5.91 Å². The summed E-state index contributed by atoms with van der Waals surface area (Å²) < 4.78 is 4.01. The van der Waals surface area contributed by atoms with Gasteiger partial charge in [0, 0.05) is 34.6 Å². The van der Waals surface area contributed by atoms with E-state index in [1.165, 1.54) is 35.5 Å². The Kier molecular flexibility index (Phi) is 7.47. The van der Waals surface area contributed by atoms with Crippen molar-refractivity contribution in [3.8, 4) is 0 Å². The van der Waals surface area contributed by atoms with Crippen LogP contribution in [0.5, 0.6) is 0 Å². The number of carboxylic acid groups (broad SMARTS) is 1. The number of hydrogen-bond donors (Lipinski definition) is 4. The number of nitrogens with two attached hydrogens (primary N) is 1. The molecule has 12 nitrogen and oxygen atoms in total. The Morgan fingerprint density at radius 1 is 1.47 bits per heavy atom. The van der Waals surface area contributed by atoms with Crippen LogP contribution >= 0.6 is 35.1 Å². The van der Waals surface area contributed by atoms with E-state index in [0.717, 1.165) is 17.1 Å². The van der Waals surface area contributed by atoms with Gasteiger partial charge in [0.1, 0.15) is 17.1 Å². The standard InChI is InChI=1S/C19H19N7O5S3/c1-31-24-11(14-23-19(20)34-25-14)15(27)22-12-16(28)26-13(18(29)30)10(8-33-17(12)26)32-6-4-9-3-2-5-21-7-9/h2-7,11-12,17,24H,8H2,1H3,(H,22,27)(H,29,30)(H2,20,23,25)/b6-4-/t11?,12?,17-/m0/s1. The van der Waals surface area contributed by atoms with Crippen LogP contribution in [-0.4, -0.2) is 66.4 Å². The largest absolute Gasteiger partial charge is 0.477 e. The number of nitrogen functional groups attached to an aromatic ring is 1. The van der Waals surface area contributed by atoms with E-state index >= 15 is 0 Å². The summed E-state index contributed by atoms with van der Waals surface area (Å²) in [6.07, 6.45) is 5.15. The first-order valence-corrected chi connectivity index (χ1v) is 12.4. The summed E-state index contributed by atoms with van der Waals surface area (Å²) in [5, 5.41) is 13.8. The monoisotopic (exact) mass is 521 g/mol. The maximum atomic E-state index is 12.9. The third kappa shape index (κ3) is 4.92. The number of β-lactam (4-membered cyclic amide) rings is 1. The van der Waals surface area contributed by atoms with Crippen molar-refractivity contribution in [1.82, 2.24) is 30.0 Å². The molecule has 4 heterocycles. The number of aliphatic carboxylic acids is 1. The number of hydrogen-bond acceptors (Lipinski definition) is 12. The number of amides is 2. The topological polar surface area (TPSA) is 173 Å². The Morgan fingerprint density at radius 3 is 2.94 bits per heavy atom. The maximum Gasteiger partial charge on any atom is 0.353 e. The summed E-state index contributed by atoms with van der Waals surface area (Å²) in [7, 11) is 1.33. The van der Waals surface area contributed by atoms with Crippen LogP contribution in [0.1, 0.15) is 17.4 Å². The molecule has 0 radical (unpaired) electrons. The zero-order valence-corrected chi connectivity index (χ0v) is 20.0. The lowest BCUT2D eigenvalue weighted by molar-refractivity contribution is -0.151. The van der Waals surface area contributed by atoms with Gasteiger partial charge in [0.15, 0.2) is 17.0 Å². The highest BCUT2D eigenvalue weighted by molar-refractivity contribution is 8.08. The van der Waals surface area contributed by atoms with Gasteiger partial charge in [0.05, 0.1) is 7.11 Å². The van der Waals surface area contributed by atoms with Crippen LogP contribution in [0.15, 0.2) is 40.5 Å². The van der Waals surface area contributed by atoms with Gasteiger partial charge in [-0.2, -0.15) is 9.85 Å². The molecule has 2 aliphatic heterocycles. The fourth-order valence-corrected chi connectivity index (χ4v) is 6.12. The number of pyridine rings is 1. The van der Waals surface area contributed by atoms with Gasteiger partial charge in [-0.15, -0.1) is 11.8 Å². The van der Waals surface area contributed by atoms with E-state index in [1.807, 2.05) is 12.1 Å². The third-order valence-corrected chi connectivity index (χ3v) is 7.72. The first kappa shape index (κ1) is 24.2. The number of rotatable bonds is 9. The molecule has 34 heavy (non-hydrogen) atoms. The van der Waals surface area contributed by atoms with Crippen LogP contribution in [0.3, 0.4) is 0 Å². The number of aromatic nitrogens is 3. The van der Waals surface area contributed by atoms with Crippen LogP contribution in [0.2, 0.25) is 0 Å². The molecule has 2 aliphatic rings. The quantitative estimate of drug-likeness (QED) is 0.270.